The quantitative estimate of drug-likeness (QED) is 0.654. The second-order valence-electron chi connectivity index (χ2n) is 4.02. The fourth-order valence-corrected chi connectivity index (χ4v) is 1.67. The van der Waals surface area contributed by atoms with Gasteiger partial charge in [0.15, 0.2) is 0 Å². The molecule has 0 aliphatic heterocycles. The lowest BCUT2D eigenvalue weighted by molar-refractivity contribution is 0.706. The zero-order valence-corrected chi connectivity index (χ0v) is 8.46. The van der Waals surface area contributed by atoms with Crippen molar-refractivity contribution >= 4 is 10.9 Å². The highest BCUT2D eigenvalue weighted by Crippen LogP contribution is 2.29. The maximum atomic E-state index is 5.52. The average molecular weight is 183 g/mol. The van der Waals surface area contributed by atoms with Gasteiger partial charge in [-0.3, -0.25) is 0 Å². The predicted octanol–water partition coefficient (Wildman–Crippen LogP) is 3.08. The van der Waals surface area contributed by atoms with E-state index in [2.05, 4.69) is 36.9 Å². The summed E-state index contributed by atoms with van der Waals surface area (Å²) in [4.78, 5) is 3.23. The highest BCUT2D eigenvalue weighted by Gasteiger charge is 2.20. The van der Waals surface area contributed by atoms with E-state index in [0.717, 1.165) is 5.52 Å². The third-order valence-electron chi connectivity index (χ3n) is 2.62. The van der Waals surface area contributed by atoms with Crippen LogP contribution in [0.4, 0.5) is 0 Å². The number of nitrogens with one attached hydrogen (secondary N) is 1. The number of hydrogen-bond donors (Lipinski definition) is 1. The molecule has 0 aliphatic rings. The predicted molar refractivity (Wildman–Crippen MR) is 60.2 cm³/mol. The lowest BCUT2D eigenvalue weighted by Crippen LogP contribution is -2.12. The molecule has 0 saturated heterocycles. The normalized spacial score (nSPS) is 11.5. The smallest absolute Gasteiger partial charge is 0.0525 e. The lowest BCUT2D eigenvalue weighted by atomic mass is 9.85. The minimum atomic E-state index is -0.209. The molecule has 1 heteroatoms. The molecule has 0 bridgehead atoms. The largest absolute Gasteiger partial charge is 0.361 e. The summed E-state index contributed by atoms with van der Waals surface area (Å²) in [7, 11) is 0. The van der Waals surface area contributed by atoms with Crippen LogP contribution in [-0.4, -0.2) is 4.98 Å². The van der Waals surface area contributed by atoms with Gasteiger partial charge in [-0.05, 0) is 25.5 Å². The summed E-state index contributed by atoms with van der Waals surface area (Å²) in [6, 6.07) is 8.21. The lowest BCUT2D eigenvalue weighted by Gasteiger charge is -2.16. The fraction of sp³-hybridized carbons (Fsp3) is 0.231. The third-order valence-corrected chi connectivity index (χ3v) is 2.62. The number of para-hydroxylation sites is 1. The first kappa shape index (κ1) is 8.90. The van der Waals surface area contributed by atoms with Gasteiger partial charge >= 0.3 is 0 Å². The Morgan fingerprint density at radius 2 is 2.00 bits per heavy atom. The highest BCUT2D eigenvalue weighted by molar-refractivity contribution is 5.84. The van der Waals surface area contributed by atoms with Gasteiger partial charge in [0.1, 0.15) is 0 Å². The number of aromatic nitrogens is 1. The molecule has 70 valence electrons. The molecule has 2 aromatic rings. The van der Waals surface area contributed by atoms with E-state index in [4.69, 9.17) is 6.42 Å². The van der Waals surface area contributed by atoms with Gasteiger partial charge in [-0.2, -0.15) is 0 Å². The number of terminal acetylenes is 1. The second kappa shape index (κ2) is 2.92. The Morgan fingerprint density at radius 1 is 1.29 bits per heavy atom. The van der Waals surface area contributed by atoms with Crippen LogP contribution < -0.4 is 0 Å². The van der Waals surface area contributed by atoms with Crippen LogP contribution in [0.25, 0.3) is 10.9 Å². The zero-order chi connectivity index (χ0) is 10.2. The molecular weight excluding hydrogens is 170 g/mol. The van der Waals surface area contributed by atoms with Crippen molar-refractivity contribution in [3.63, 3.8) is 0 Å². The molecule has 0 unspecified atom stereocenters. The molecule has 0 saturated carbocycles. The molecule has 0 spiro atoms. The number of hydrogen-bond acceptors (Lipinski definition) is 0. The van der Waals surface area contributed by atoms with Gasteiger partial charge in [-0.1, -0.05) is 24.1 Å². The summed E-state index contributed by atoms with van der Waals surface area (Å²) >= 11 is 0. The number of benzene rings is 1. The van der Waals surface area contributed by atoms with Crippen molar-refractivity contribution < 1.29 is 0 Å². The van der Waals surface area contributed by atoms with Crippen LogP contribution in [-0.2, 0) is 5.41 Å². The average Bonchev–Trinajstić information content (AvgIpc) is 2.61. The van der Waals surface area contributed by atoms with Gasteiger partial charge in [-0.15, -0.1) is 6.42 Å². The van der Waals surface area contributed by atoms with E-state index < -0.39 is 0 Å². The molecule has 0 fully saturated rings. The SMILES string of the molecule is C#CC(C)(C)c1c[nH]c2ccccc12. The first-order valence-electron chi connectivity index (χ1n) is 4.69. The summed E-state index contributed by atoms with van der Waals surface area (Å²) in [5.41, 5.74) is 2.13. The van der Waals surface area contributed by atoms with Crippen molar-refractivity contribution in [1.82, 2.24) is 4.98 Å². The van der Waals surface area contributed by atoms with E-state index in [0.29, 0.717) is 0 Å². The van der Waals surface area contributed by atoms with Gasteiger partial charge in [0.25, 0.3) is 0 Å². The third kappa shape index (κ3) is 1.20. The first-order chi connectivity index (χ1) is 6.65. The van der Waals surface area contributed by atoms with E-state index in [1.807, 2.05) is 18.3 Å². The van der Waals surface area contributed by atoms with Gasteiger partial charge < -0.3 is 4.98 Å². The molecular formula is C13H13N. The van der Waals surface area contributed by atoms with Crippen molar-refractivity contribution in [3.05, 3.63) is 36.0 Å². The molecule has 0 atom stereocenters. The maximum Gasteiger partial charge on any atom is 0.0525 e. The number of H-pyrrole nitrogens is 1. The Hall–Kier alpha value is -1.68. The van der Waals surface area contributed by atoms with Gasteiger partial charge in [-0.25, -0.2) is 0 Å². The number of rotatable bonds is 1. The minimum Gasteiger partial charge on any atom is -0.361 e. The molecule has 1 aromatic heterocycles. The van der Waals surface area contributed by atoms with E-state index in [1.165, 1.54) is 10.9 Å². The van der Waals surface area contributed by atoms with Crippen LogP contribution in [0.2, 0.25) is 0 Å². The van der Waals surface area contributed by atoms with Gasteiger partial charge in [0, 0.05) is 17.1 Å². The zero-order valence-electron chi connectivity index (χ0n) is 8.46. The highest BCUT2D eigenvalue weighted by atomic mass is 14.7. The molecule has 0 amide bonds. The number of aromatic amines is 1. The van der Waals surface area contributed by atoms with Crippen LogP contribution >= 0.6 is 0 Å². The van der Waals surface area contributed by atoms with Crippen molar-refractivity contribution in [2.75, 3.05) is 0 Å². The van der Waals surface area contributed by atoms with Crippen molar-refractivity contribution in [1.29, 1.82) is 0 Å². The Morgan fingerprint density at radius 3 is 2.71 bits per heavy atom. The first-order valence-corrected chi connectivity index (χ1v) is 4.69. The summed E-state index contributed by atoms with van der Waals surface area (Å²) in [5, 5.41) is 1.22. The molecule has 1 heterocycles. The second-order valence-corrected chi connectivity index (χ2v) is 4.02. The summed E-state index contributed by atoms with van der Waals surface area (Å²) in [6.07, 6.45) is 7.53. The maximum absolute atomic E-state index is 5.52. The molecule has 1 aromatic carbocycles. The standard InChI is InChI=1S/C13H13N/c1-4-13(2,3)11-9-14-12-8-6-5-7-10(11)12/h1,5-9,14H,2-3H3. The van der Waals surface area contributed by atoms with E-state index in [1.54, 1.807) is 0 Å². The van der Waals surface area contributed by atoms with E-state index in [9.17, 15) is 0 Å². The van der Waals surface area contributed by atoms with Crippen molar-refractivity contribution in [2.45, 2.75) is 19.3 Å². The molecule has 14 heavy (non-hydrogen) atoms. The van der Waals surface area contributed by atoms with Crippen molar-refractivity contribution in [3.8, 4) is 12.3 Å². The Bertz CT molecular complexity index is 497. The summed E-state index contributed by atoms with van der Waals surface area (Å²) in [5.74, 6) is 2.82. The van der Waals surface area contributed by atoms with Crippen LogP contribution in [0.15, 0.2) is 30.5 Å². The molecule has 2 rings (SSSR count). The Kier molecular flexibility index (Phi) is 1.86. The van der Waals surface area contributed by atoms with Crippen LogP contribution in [0.3, 0.4) is 0 Å². The Balaban J connectivity index is 2.72. The number of fused-ring (bicyclic) bond motifs is 1. The minimum absolute atomic E-state index is 0.209. The van der Waals surface area contributed by atoms with Crippen LogP contribution in [0.5, 0.6) is 0 Å². The van der Waals surface area contributed by atoms with E-state index in [-0.39, 0.29) is 5.41 Å². The molecule has 0 aliphatic carbocycles. The van der Waals surface area contributed by atoms with Crippen molar-refractivity contribution in [2.24, 2.45) is 0 Å². The molecule has 1 nitrogen and oxygen atoms in total. The monoisotopic (exact) mass is 183 g/mol. The van der Waals surface area contributed by atoms with Gasteiger partial charge in [0.05, 0.1) is 5.41 Å². The Labute approximate surface area is 84.1 Å². The topological polar surface area (TPSA) is 15.8 Å². The van der Waals surface area contributed by atoms with Crippen LogP contribution in [0.1, 0.15) is 19.4 Å². The van der Waals surface area contributed by atoms with Crippen LogP contribution in [0, 0.1) is 12.3 Å². The van der Waals surface area contributed by atoms with Gasteiger partial charge in [0.2, 0.25) is 0 Å². The fourth-order valence-electron chi connectivity index (χ4n) is 1.67. The summed E-state index contributed by atoms with van der Waals surface area (Å²) < 4.78 is 0. The van der Waals surface area contributed by atoms with E-state index >= 15 is 0 Å². The molecule has 1 N–H and O–H groups in total. The summed E-state index contributed by atoms with van der Waals surface area (Å²) in [6.45, 7) is 4.12. The molecule has 0 radical (unpaired) electrons.